The maximum Gasteiger partial charge on any atom is 0.324 e. The first kappa shape index (κ1) is 21.0. The van der Waals surface area contributed by atoms with Gasteiger partial charge in [0, 0.05) is 28.8 Å². The van der Waals surface area contributed by atoms with E-state index < -0.39 is 16.6 Å². The Kier molecular flexibility index (Phi) is 5.73. The molecule has 0 spiro atoms. The second kappa shape index (κ2) is 8.46. The Hall–Kier alpha value is -3.27. The van der Waals surface area contributed by atoms with E-state index in [0.29, 0.717) is 21.2 Å². The minimum atomic E-state index is -1.74. The number of hydrogen-bond donors (Lipinski definition) is 2. The van der Waals surface area contributed by atoms with E-state index in [-0.39, 0.29) is 18.0 Å². The van der Waals surface area contributed by atoms with Crippen LogP contribution >= 0.6 is 22.9 Å². The third kappa shape index (κ3) is 4.29. The van der Waals surface area contributed by atoms with Gasteiger partial charge in [0.25, 0.3) is 5.91 Å². The fourth-order valence-electron chi connectivity index (χ4n) is 3.28. The highest BCUT2D eigenvalue weighted by atomic mass is 35.5. The van der Waals surface area contributed by atoms with Crippen LogP contribution in [0.4, 0.5) is 10.7 Å². The first-order valence-corrected chi connectivity index (χ1v) is 10.5. The van der Waals surface area contributed by atoms with Crippen LogP contribution in [-0.2, 0) is 10.5 Å². The molecule has 8 nitrogen and oxygen atoms in total. The fraction of sp³-hybridized carbons (Fsp3) is 0.143. The van der Waals surface area contributed by atoms with Crippen LogP contribution in [-0.4, -0.2) is 33.2 Å². The molecule has 158 valence electrons. The summed E-state index contributed by atoms with van der Waals surface area (Å²) >= 11 is 6.92. The molecule has 31 heavy (non-hydrogen) atoms. The van der Waals surface area contributed by atoms with E-state index in [1.807, 2.05) is 30.3 Å². The zero-order valence-corrected chi connectivity index (χ0v) is 17.6. The van der Waals surface area contributed by atoms with Crippen LogP contribution < -0.4 is 5.32 Å². The monoisotopic (exact) mass is 456 g/mol. The summed E-state index contributed by atoms with van der Waals surface area (Å²) in [7, 11) is 0. The van der Waals surface area contributed by atoms with Gasteiger partial charge in [0.05, 0.1) is 22.1 Å². The molecule has 2 N–H and O–H groups in total. The number of hydrogen-bond acceptors (Lipinski definition) is 7. The number of nitrogens with one attached hydrogen (secondary N) is 1. The van der Waals surface area contributed by atoms with Gasteiger partial charge in [-0.05, 0) is 30.3 Å². The molecule has 0 aliphatic carbocycles. The van der Waals surface area contributed by atoms with Gasteiger partial charge in [-0.1, -0.05) is 53.3 Å². The number of thiophene rings is 1. The van der Waals surface area contributed by atoms with Crippen molar-refractivity contribution in [2.75, 3.05) is 11.9 Å². The van der Waals surface area contributed by atoms with E-state index in [4.69, 9.17) is 11.6 Å². The highest BCUT2D eigenvalue weighted by Gasteiger charge is 2.46. The number of carbonyl (C=O) groups is 1. The van der Waals surface area contributed by atoms with Gasteiger partial charge in [-0.15, -0.1) is 0 Å². The van der Waals surface area contributed by atoms with Crippen molar-refractivity contribution in [2.45, 2.75) is 12.1 Å². The van der Waals surface area contributed by atoms with E-state index in [2.05, 4.69) is 10.4 Å². The number of halogens is 1. The summed E-state index contributed by atoms with van der Waals surface area (Å²) in [6.07, 6.45) is -0.0105. The van der Waals surface area contributed by atoms with E-state index in [1.54, 1.807) is 30.3 Å². The number of amides is 1. The maximum atomic E-state index is 13.0. The number of rotatable bonds is 6. The molecule has 1 amide bonds. The van der Waals surface area contributed by atoms with Crippen LogP contribution in [0.3, 0.4) is 0 Å². The first-order chi connectivity index (χ1) is 14.9. The molecule has 0 radical (unpaired) electrons. The van der Waals surface area contributed by atoms with Gasteiger partial charge in [0.2, 0.25) is 0 Å². The zero-order chi connectivity index (χ0) is 22.0. The summed E-state index contributed by atoms with van der Waals surface area (Å²) in [4.78, 5) is 24.1. The fourth-order valence-corrected chi connectivity index (χ4v) is 4.21. The number of para-hydroxylation sites is 1. The predicted octanol–water partition coefficient (Wildman–Crippen LogP) is 4.20. The smallest absolute Gasteiger partial charge is 0.324 e. The summed E-state index contributed by atoms with van der Waals surface area (Å²) in [5.74, 6) is -0.456. The quantitative estimate of drug-likeness (QED) is 0.427. The molecule has 10 heteroatoms. The lowest BCUT2D eigenvalue weighted by atomic mass is 9.97. The van der Waals surface area contributed by atoms with Crippen molar-refractivity contribution in [2.24, 2.45) is 5.10 Å². The highest BCUT2D eigenvalue weighted by molar-refractivity contribution is 7.17. The number of anilines is 1. The maximum absolute atomic E-state index is 13.0. The summed E-state index contributed by atoms with van der Waals surface area (Å²) in [5, 5.41) is 31.4. The van der Waals surface area contributed by atoms with Gasteiger partial charge in [-0.2, -0.15) is 10.1 Å². The Bertz CT molecular complexity index is 1150. The van der Waals surface area contributed by atoms with Crippen molar-refractivity contribution >= 4 is 45.2 Å². The average Bonchev–Trinajstić information content (AvgIpc) is 3.39. The Balaban J connectivity index is 1.65. The number of hydrazone groups is 1. The van der Waals surface area contributed by atoms with E-state index in [9.17, 15) is 20.0 Å². The Morgan fingerprint density at radius 1 is 1.19 bits per heavy atom. The molecular formula is C21H17ClN4O4S. The molecule has 0 saturated heterocycles. The van der Waals surface area contributed by atoms with Crippen LogP contribution in [0.2, 0.25) is 5.02 Å². The topological polar surface area (TPSA) is 108 Å². The Morgan fingerprint density at radius 2 is 1.90 bits per heavy atom. The van der Waals surface area contributed by atoms with Gasteiger partial charge in [0.15, 0.2) is 5.72 Å². The second-order valence-electron chi connectivity index (χ2n) is 6.87. The van der Waals surface area contributed by atoms with Crippen LogP contribution in [0.15, 0.2) is 71.8 Å². The number of benzene rings is 2. The SMILES string of the molecule is O=C(CNc1ccccc1)N1N=C(c2ccc([N+](=O)[O-])s2)CC1(O)c1ccc(Cl)cc1. The molecule has 1 aliphatic rings. The van der Waals surface area contributed by atoms with Crippen molar-refractivity contribution < 1.29 is 14.8 Å². The van der Waals surface area contributed by atoms with Crippen LogP contribution in [0.1, 0.15) is 16.9 Å². The van der Waals surface area contributed by atoms with Crippen molar-refractivity contribution in [3.63, 3.8) is 0 Å². The molecule has 1 aromatic heterocycles. The van der Waals surface area contributed by atoms with Gasteiger partial charge in [-0.25, -0.2) is 0 Å². The van der Waals surface area contributed by atoms with Crippen LogP contribution in [0.5, 0.6) is 0 Å². The molecule has 2 aromatic carbocycles. The molecule has 3 aromatic rings. The van der Waals surface area contributed by atoms with Crippen LogP contribution in [0, 0.1) is 10.1 Å². The molecule has 1 atom stereocenters. The summed E-state index contributed by atoms with van der Waals surface area (Å²) in [5.41, 5.74) is -0.157. The van der Waals surface area contributed by atoms with Gasteiger partial charge in [-0.3, -0.25) is 14.9 Å². The molecule has 0 saturated carbocycles. The lowest BCUT2D eigenvalue weighted by molar-refractivity contribution is -0.380. The molecule has 1 aliphatic heterocycles. The van der Waals surface area contributed by atoms with E-state index >= 15 is 0 Å². The number of nitro groups is 1. The van der Waals surface area contributed by atoms with Crippen molar-refractivity contribution in [3.05, 3.63) is 92.3 Å². The molecule has 0 bridgehead atoms. The lowest BCUT2D eigenvalue weighted by Crippen LogP contribution is -2.45. The summed E-state index contributed by atoms with van der Waals surface area (Å²) in [6, 6.07) is 18.6. The first-order valence-electron chi connectivity index (χ1n) is 9.29. The number of carbonyl (C=O) groups excluding carboxylic acids is 1. The predicted molar refractivity (Wildman–Crippen MR) is 119 cm³/mol. The number of nitrogens with zero attached hydrogens (tertiary/aromatic N) is 3. The Labute approximate surface area is 186 Å². The van der Waals surface area contributed by atoms with Gasteiger partial charge >= 0.3 is 5.00 Å². The Morgan fingerprint density at radius 3 is 2.55 bits per heavy atom. The summed E-state index contributed by atoms with van der Waals surface area (Å²) in [6.45, 7) is -0.0960. The second-order valence-corrected chi connectivity index (χ2v) is 8.37. The summed E-state index contributed by atoms with van der Waals surface area (Å²) < 4.78 is 0. The third-order valence-corrected chi connectivity index (χ3v) is 6.14. The molecule has 1 unspecified atom stereocenters. The van der Waals surface area contributed by atoms with E-state index in [0.717, 1.165) is 22.0 Å². The van der Waals surface area contributed by atoms with Gasteiger partial charge in [0.1, 0.15) is 0 Å². The standard InChI is InChI=1S/C21H17ClN4O4S/c22-15-8-6-14(7-9-15)21(28)12-17(18-10-11-20(31-18)26(29)30)24-25(21)19(27)13-23-16-4-2-1-3-5-16/h1-11,23,28H,12-13H2. The van der Waals surface area contributed by atoms with Crippen molar-refractivity contribution in [1.29, 1.82) is 0 Å². The van der Waals surface area contributed by atoms with Crippen molar-refractivity contribution in [1.82, 2.24) is 5.01 Å². The molecule has 2 heterocycles. The van der Waals surface area contributed by atoms with Crippen LogP contribution in [0.25, 0.3) is 0 Å². The van der Waals surface area contributed by atoms with E-state index in [1.165, 1.54) is 6.07 Å². The minimum absolute atomic E-state index is 0.0105. The largest absolute Gasteiger partial charge is 0.376 e. The minimum Gasteiger partial charge on any atom is -0.376 e. The average molecular weight is 457 g/mol. The zero-order valence-electron chi connectivity index (χ0n) is 16.1. The molecule has 0 fully saturated rings. The number of aliphatic hydroxyl groups is 1. The highest BCUT2D eigenvalue weighted by Crippen LogP contribution is 2.39. The molecular weight excluding hydrogens is 440 g/mol. The lowest BCUT2D eigenvalue weighted by Gasteiger charge is -2.31. The normalized spacial score (nSPS) is 18.0. The third-order valence-electron chi connectivity index (χ3n) is 4.80. The van der Waals surface area contributed by atoms with Crippen molar-refractivity contribution in [3.8, 4) is 0 Å². The molecule has 4 rings (SSSR count). The van der Waals surface area contributed by atoms with Gasteiger partial charge < -0.3 is 10.4 Å².